The highest BCUT2D eigenvalue weighted by molar-refractivity contribution is 7.15. The molecule has 19 heavy (non-hydrogen) atoms. The number of nitrogens with zero attached hydrogens (tertiary/aromatic N) is 3. The molecule has 3 rings (SSSR count). The maximum atomic E-state index is 11.1. The second-order valence-electron chi connectivity index (χ2n) is 4.21. The van der Waals surface area contributed by atoms with E-state index in [2.05, 4.69) is 9.97 Å². The molecule has 4 nitrogen and oxygen atoms in total. The minimum atomic E-state index is 0.117. The Bertz CT molecular complexity index is 762. The van der Waals surface area contributed by atoms with Crippen LogP contribution in [-0.2, 0) is 11.2 Å². The van der Waals surface area contributed by atoms with Crippen LogP contribution in [0, 0.1) is 0 Å². The molecule has 0 amide bonds. The van der Waals surface area contributed by atoms with Crippen molar-refractivity contribution >= 4 is 34.4 Å². The van der Waals surface area contributed by atoms with Crippen molar-refractivity contribution in [3.05, 3.63) is 40.8 Å². The fraction of sp³-hybridized carbons (Fsp3) is 0.154. The molecule has 0 radical (unpaired) electrons. The van der Waals surface area contributed by atoms with Crippen LogP contribution in [0.3, 0.4) is 0 Å². The predicted octanol–water partition coefficient (Wildman–Crippen LogP) is 3.24. The zero-order chi connectivity index (χ0) is 13.4. The molecule has 3 heterocycles. The number of ketones is 1. The fourth-order valence-corrected chi connectivity index (χ4v) is 3.01. The second-order valence-corrected chi connectivity index (χ2v) is 5.77. The summed E-state index contributed by atoms with van der Waals surface area (Å²) in [4.78, 5) is 20.7. The summed E-state index contributed by atoms with van der Waals surface area (Å²) < 4.78 is 1.96. The number of imidazole rings is 1. The Morgan fingerprint density at radius 3 is 3.05 bits per heavy atom. The van der Waals surface area contributed by atoms with E-state index < -0.39 is 0 Å². The zero-order valence-corrected chi connectivity index (χ0v) is 11.7. The van der Waals surface area contributed by atoms with Crippen molar-refractivity contribution in [3.63, 3.8) is 0 Å². The van der Waals surface area contributed by atoms with Crippen LogP contribution in [0.25, 0.3) is 16.2 Å². The van der Waals surface area contributed by atoms with E-state index in [0.717, 1.165) is 21.2 Å². The number of thiazole rings is 1. The molecule has 3 aromatic heterocycles. The molecule has 0 saturated heterocycles. The van der Waals surface area contributed by atoms with E-state index in [1.807, 2.05) is 22.7 Å². The minimum Gasteiger partial charge on any atom is -0.300 e. The van der Waals surface area contributed by atoms with Gasteiger partial charge in [-0.05, 0) is 13.0 Å². The van der Waals surface area contributed by atoms with E-state index in [0.29, 0.717) is 11.4 Å². The fourth-order valence-electron chi connectivity index (χ4n) is 1.86. The molecule has 3 aromatic rings. The van der Waals surface area contributed by atoms with Gasteiger partial charge in [-0.2, -0.15) is 0 Å². The van der Waals surface area contributed by atoms with Crippen LogP contribution in [0.5, 0.6) is 0 Å². The maximum Gasteiger partial charge on any atom is 0.138 e. The first-order chi connectivity index (χ1) is 9.13. The first-order valence-corrected chi connectivity index (χ1v) is 6.90. The van der Waals surface area contributed by atoms with Gasteiger partial charge < -0.3 is 0 Å². The number of Topliss-reactive ketones (excluding diaryl/α,β-unsaturated/α-hetero) is 1. The molecular formula is C13H10ClN3OS. The summed E-state index contributed by atoms with van der Waals surface area (Å²) in [5.74, 6) is 0.117. The minimum absolute atomic E-state index is 0.117. The summed E-state index contributed by atoms with van der Waals surface area (Å²) in [5.41, 5.74) is 1.75. The molecule has 0 atom stereocenters. The van der Waals surface area contributed by atoms with Crippen molar-refractivity contribution in [3.8, 4) is 10.6 Å². The Morgan fingerprint density at radius 2 is 2.26 bits per heavy atom. The average Bonchev–Trinajstić information content (AvgIpc) is 2.93. The number of carbonyl (C=O) groups excluding carboxylic acids is 1. The quantitative estimate of drug-likeness (QED) is 0.744. The van der Waals surface area contributed by atoms with E-state index in [-0.39, 0.29) is 5.78 Å². The summed E-state index contributed by atoms with van der Waals surface area (Å²) in [6.07, 6.45) is 5.83. The number of halogens is 1. The van der Waals surface area contributed by atoms with Crippen molar-refractivity contribution in [1.29, 1.82) is 0 Å². The second kappa shape index (κ2) is 4.75. The van der Waals surface area contributed by atoms with E-state index in [1.54, 1.807) is 19.3 Å². The lowest BCUT2D eigenvalue weighted by Crippen LogP contribution is -1.94. The summed E-state index contributed by atoms with van der Waals surface area (Å²) in [6.45, 7) is 1.57. The van der Waals surface area contributed by atoms with Gasteiger partial charge in [-0.3, -0.25) is 9.20 Å². The number of hydrogen-bond acceptors (Lipinski definition) is 4. The molecule has 0 spiro atoms. The summed E-state index contributed by atoms with van der Waals surface area (Å²) in [6, 6.07) is 3.62. The number of hydrogen-bond donors (Lipinski definition) is 0. The zero-order valence-electron chi connectivity index (χ0n) is 10.1. The molecule has 6 heteroatoms. The Labute approximate surface area is 118 Å². The number of carbonyl (C=O) groups is 1. The third-order valence-electron chi connectivity index (χ3n) is 2.68. The summed E-state index contributed by atoms with van der Waals surface area (Å²) in [5, 5.41) is 1.48. The SMILES string of the molecule is CC(=O)Cc1ncc(-c2cnc3cc(Cl)ccn23)s1. The van der Waals surface area contributed by atoms with Gasteiger partial charge in [0.25, 0.3) is 0 Å². The Hall–Kier alpha value is -1.72. The maximum absolute atomic E-state index is 11.1. The highest BCUT2D eigenvalue weighted by atomic mass is 35.5. The van der Waals surface area contributed by atoms with Gasteiger partial charge in [-0.25, -0.2) is 9.97 Å². The van der Waals surface area contributed by atoms with E-state index in [1.165, 1.54) is 11.3 Å². The number of rotatable bonds is 3. The van der Waals surface area contributed by atoms with Gasteiger partial charge in [0.15, 0.2) is 0 Å². The molecule has 0 aliphatic heterocycles. The lowest BCUT2D eigenvalue weighted by atomic mass is 10.3. The Balaban J connectivity index is 2.04. The van der Waals surface area contributed by atoms with Gasteiger partial charge in [0.05, 0.1) is 23.2 Å². The monoisotopic (exact) mass is 291 g/mol. The predicted molar refractivity (Wildman–Crippen MR) is 75.7 cm³/mol. The molecule has 96 valence electrons. The number of fused-ring (bicyclic) bond motifs is 1. The van der Waals surface area contributed by atoms with Crippen LogP contribution in [0.2, 0.25) is 5.02 Å². The smallest absolute Gasteiger partial charge is 0.138 e. The van der Waals surface area contributed by atoms with Gasteiger partial charge in [0.2, 0.25) is 0 Å². The van der Waals surface area contributed by atoms with Gasteiger partial charge in [0, 0.05) is 23.5 Å². The molecule has 0 bridgehead atoms. The van der Waals surface area contributed by atoms with E-state index in [4.69, 9.17) is 11.6 Å². The third kappa shape index (κ3) is 2.39. The van der Waals surface area contributed by atoms with Crippen LogP contribution in [-0.4, -0.2) is 20.2 Å². The summed E-state index contributed by atoms with van der Waals surface area (Å²) >= 11 is 7.45. The Morgan fingerprint density at radius 1 is 1.42 bits per heavy atom. The van der Waals surface area contributed by atoms with E-state index >= 15 is 0 Å². The Kier molecular flexibility index (Phi) is 3.08. The molecule has 0 fully saturated rings. The lowest BCUT2D eigenvalue weighted by Gasteiger charge is -1.98. The van der Waals surface area contributed by atoms with Crippen molar-refractivity contribution in [1.82, 2.24) is 14.4 Å². The molecular weight excluding hydrogens is 282 g/mol. The standard InChI is InChI=1S/C13H10ClN3OS/c1-8(18)4-13-16-7-11(19-13)10-6-15-12-5-9(14)2-3-17(10)12/h2-3,5-7H,4H2,1H3. The number of aromatic nitrogens is 3. The normalized spacial score (nSPS) is 11.1. The largest absolute Gasteiger partial charge is 0.300 e. The highest BCUT2D eigenvalue weighted by Crippen LogP contribution is 2.27. The molecule has 0 N–H and O–H groups in total. The summed E-state index contributed by atoms with van der Waals surface area (Å²) in [7, 11) is 0. The van der Waals surface area contributed by atoms with Gasteiger partial charge in [0.1, 0.15) is 16.4 Å². The van der Waals surface area contributed by atoms with Crippen molar-refractivity contribution in [2.24, 2.45) is 0 Å². The van der Waals surface area contributed by atoms with Crippen molar-refractivity contribution in [2.45, 2.75) is 13.3 Å². The first kappa shape index (κ1) is 12.3. The van der Waals surface area contributed by atoms with Crippen LogP contribution in [0.15, 0.2) is 30.7 Å². The van der Waals surface area contributed by atoms with Crippen LogP contribution >= 0.6 is 22.9 Å². The molecule has 0 saturated carbocycles. The third-order valence-corrected chi connectivity index (χ3v) is 3.94. The van der Waals surface area contributed by atoms with Gasteiger partial charge in [-0.1, -0.05) is 11.6 Å². The number of pyridine rings is 1. The van der Waals surface area contributed by atoms with Crippen LogP contribution < -0.4 is 0 Å². The topological polar surface area (TPSA) is 47.3 Å². The lowest BCUT2D eigenvalue weighted by molar-refractivity contribution is -0.116. The van der Waals surface area contributed by atoms with E-state index in [9.17, 15) is 4.79 Å². The molecule has 0 aromatic carbocycles. The molecule has 0 unspecified atom stereocenters. The van der Waals surface area contributed by atoms with Gasteiger partial charge in [-0.15, -0.1) is 11.3 Å². The van der Waals surface area contributed by atoms with Crippen molar-refractivity contribution in [2.75, 3.05) is 0 Å². The van der Waals surface area contributed by atoms with Crippen LogP contribution in [0.1, 0.15) is 11.9 Å². The van der Waals surface area contributed by atoms with Crippen LogP contribution in [0.4, 0.5) is 0 Å². The first-order valence-electron chi connectivity index (χ1n) is 5.70. The molecule has 0 aliphatic carbocycles. The van der Waals surface area contributed by atoms with Gasteiger partial charge >= 0.3 is 0 Å². The molecule has 0 aliphatic rings. The van der Waals surface area contributed by atoms with Crippen molar-refractivity contribution < 1.29 is 4.79 Å². The average molecular weight is 292 g/mol. The highest BCUT2D eigenvalue weighted by Gasteiger charge is 2.10.